The van der Waals surface area contributed by atoms with Crippen LogP contribution in [0.15, 0.2) is 48.5 Å². The summed E-state index contributed by atoms with van der Waals surface area (Å²) in [5.74, 6) is -0.194. The number of aliphatic hydroxyl groups excluding tert-OH is 1. The molecule has 0 aliphatic carbocycles. The molecule has 1 aliphatic rings. The molecule has 0 bridgehead atoms. The number of carbonyl (C=O) groups excluding carboxylic acids is 1. The van der Waals surface area contributed by atoms with Crippen molar-refractivity contribution in [3.63, 3.8) is 0 Å². The zero-order valence-corrected chi connectivity index (χ0v) is 15.9. The number of hydrogen-bond donors (Lipinski definition) is 4. The molecule has 3 rings (SSSR count). The van der Waals surface area contributed by atoms with E-state index in [0.717, 1.165) is 0 Å². The zero-order valence-electron chi connectivity index (χ0n) is 15.9. The summed E-state index contributed by atoms with van der Waals surface area (Å²) in [7, 11) is 0. The highest BCUT2D eigenvalue weighted by molar-refractivity contribution is 5.87. The minimum absolute atomic E-state index is 0.349. The first-order valence-electron chi connectivity index (χ1n) is 8.99. The lowest BCUT2D eigenvalue weighted by Crippen LogP contribution is -2.54. The Hall–Kier alpha value is -3.57. The molecule has 1 heterocycles. The molecule has 8 nitrogen and oxygen atoms in total. The van der Waals surface area contributed by atoms with Gasteiger partial charge in [-0.2, -0.15) is 5.26 Å². The summed E-state index contributed by atoms with van der Waals surface area (Å²) < 4.78 is 5.83. The first-order chi connectivity index (χ1) is 13.7. The molecule has 3 atom stereocenters. The molecule has 0 fully saturated rings. The van der Waals surface area contributed by atoms with Crippen LogP contribution in [0, 0.1) is 11.3 Å². The molecule has 4 N–H and O–H groups in total. The average molecular weight is 395 g/mol. The van der Waals surface area contributed by atoms with Crippen LogP contribution in [0.4, 0.5) is 4.79 Å². The van der Waals surface area contributed by atoms with Crippen LogP contribution in [0.5, 0.6) is 5.75 Å². The summed E-state index contributed by atoms with van der Waals surface area (Å²) >= 11 is 0. The number of nitrogens with one attached hydrogen (secondary N) is 2. The number of hydrogen-bond acceptors (Lipinski definition) is 5. The number of fused-ring (bicyclic) bond motifs is 1. The summed E-state index contributed by atoms with van der Waals surface area (Å²) in [6.45, 7) is 3.37. The van der Waals surface area contributed by atoms with Crippen LogP contribution in [0.1, 0.15) is 42.6 Å². The highest BCUT2D eigenvalue weighted by Crippen LogP contribution is 2.40. The molecular formula is C21H21N3O5. The van der Waals surface area contributed by atoms with Crippen LogP contribution < -0.4 is 15.4 Å². The lowest BCUT2D eigenvalue weighted by Gasteiger charge is -2.42. The third-order valence-corrected chi connectivity index (χ3v) is 4.84. The fourth-order valence-electron chi connectivity index (χ4n) is 3.33. The van der Waals surface area contributed by atoms with E-state index < -0.39 is 35.8 Å². The molecule has 8 heteroatoms. The Bertz CT molecular complexity index is 968. The molecule has 2 amide bonds. The van der Waals surface area contributed by atoms with Crippen LogP contribution >= 0.6 is 0 Å². The molecular weight excluding hydrogens is 374 g/mol. The normalized spacial score (nSPS) is 20.3. The van der Waals surface area contributed by atoms with Crippen LogP contribution in [0.25, 0.3) is 0 Å². The molecule has 0 aromatic heterocycles. The van der Waals surface area contributed by atoms with Gasteiger partial charge in [-0.1, -0.05) is 30.3 Å². The van der Waals surface area contributed by atoms with Gasteiger partial charge in [0.2, 0.25) is 5.91 Å². The summed E-state index contributed by atoms with van der Waals surface area (Å²) in [5, 5.41) is 34.1. The maximum absolute atomic E-state index is 13.0. The summed E-state index contributed by atoms with van der Waals surface area (Å²) in [6.07, 6.45) is -2.48. The quantitative estimate of drug-likeness (QED) is 0.628. The number of aliphatic hydroxyl groups is 1. The number of rotatable bonds is 4. The second kappa shape index (κ2) is 7.81. The Kier molecular flexibility index (Phi) is 5.43. The Morgan fingerprint density at radius 1 is 1.21 bits per heavy atom. The van der Waals surface area contributed by atoms with Gasteiger partial charge < -0.3 is 25.6 Å². The molecule has 150 valence electrons. The Morgan fingerprint density at radius 2 is 1.90 bits per heavy atom. The summed E-state index contributed by atoms with van der Waals surface area (Å²) in [4.78, 5) is 24.2. The maximum atomic E-state index is 13.0. The molecule has 0 saturated carbocycles. The van der Waals surface area contributed by atoms with Crippen LogP contribution in [0.2, 0.25) is 0 Å². The van der Waals surface area contributed by atoms with E-state index in [2.05, 4.69) is 10.6 Å². The van der Waals surface area contributed by atoms with E-state index >= 15 is 0 Å². The third kappa shape index (κ3) is 4.15. The van der Waals surface area contributed by atoms with Crippen molar-refractivity contribution in [2.75, 3.05) is 0 Å². The van der Waals surface area contributed by atoms with E-state index in [4.69, 9.17) is 9.84 Å². The lowest BCUT2D eigenvalue weighted by molar-refractivity contribution is -0.127. The van der Waals surface area contributed by atoms with Crippen molar-refractivity contribution in [3.05, 3.63) is 65.2 Å². The molecule has 0 spiro atoms. The number of nitrogens with zero attached hydrogens (tertiary/aromatic N) is 1. The summed E-state index contributed by atoms with van der Waals surface area (Å²) in [5.41, 5.74) is 0.244. The molecule has 2 aromatic carbocycles. The van der Waals surface area contributed by atoms with E-state index in [1.54, 1.807) is 62.4 Å². The van der Waals surface area contributed by atoms with Crippen molar-refractivity contribution < 1.29 is 24.5 Å². The van der Waals surface area contributed by atoms with Gasteiger partial charge in [0.25, 0.3) is 0 Å². The van der Waals surface area contributed by atoms with Gasteiger partial charge in [0.05, 0.1) is 17.7 Å². The second-order valence-corrected chi connectivity index (χ2v) is 7.29. The van der Waals surface area contributed by atoms with E-state index in [9.17, 15) is 20.0 Å². The van der Waals surface area contributed by atoms with Crippen LogP contribution in [0.3, 0.4) is 0 Å². The fourth-order valence-corrected chi connectivity index (χ4v) is 3.33. The van der Waals surface area contributed by atoms with Crippen molar-refractivity contribution >= 4 is 12.0 Å². The average Bonchev–Trinajstić information content (AvgIpc) is 2.69. The third-order valence-electron chi connectivity index (χ3n) is 4.84. The van der Waals surface area contributed by atoms with Gasteiger partial charge in [0.15, 0.2) is 0 Å². The highest BCUT2D eigenvalue weighted by Gasteiger charge is 2.44. The molecule has 29 heavy (non-hydrogen) atoms. The van der Waals surface area contributed by atoms with Crippen molar-refractivity contribution in [3.8, 4) is 11.8 Å². The van der Waals surface area contributed by atoms with E-state index in [1.165, 1.54) is 0 Å². The van der Waals surface area contributed by atoms with Gasteiger partial charge >= 0.3 is 6.09 Å². The highest BCUT2D eigenvalue weighted by atomic mass is 16.5. The minimum atomic E-state index is -1.35. The molecule has 1 aliphatic heterocycles. The predicted octanol–water partition coefficient (Wildman–Crippen LogP) is 2.26. The van der Waals surface area contributed by atoms with Crippen molar-refractivity contribution in [1.82, 2.24) is 10.6 Å². The van der Waals surface area contributed by atoms with Gasteiger partial charge in [-0.25, -0.2) is 4.79 Å². The second-order valence-electron chi connectivity index (χ2n) is 7.29. The van der Waals surface area contributed by atoms with E-state index in [-0.39, 0.29) is 0 Å². The van der Waals surface area contributed by atoms with Gasteiger partial charge in [0, 0.05) is 5.56 Å². The molecule has 0 radical (unpaired) electrons. The number of amides is 2. The summed E-state index contributed by atoms with van der Waals surface area (Å²) in [6, 6.07) is 13.1. The standard InChI is InChI=1S/C21H21N3O5/c1-21(2)18(25)17(14-10-12(11-22)8-9-15(14)29-21)23-19(26)16(24-20(27)28)13-6-4-3-5-7-13/h3-10,16-18,24-25H,1-2H3,(H,23,26)(H,27,28)/t16?,17-,18+/m1/s1. The molecule has 1 unspecified atom stereocenters. The van der Waals surface area contributed by atoms with Gasteiger partial charge in [-0.15, -0.1) is 0 Å². The van der Waals surface area contributed by atoms with Gasteiger partial charge in [-0.3, -0.25) is 4.79 Å². The lowest BCUT2D eigenvalue weighted by atomic mass is 9.85. The van der Waals surface area contributed by atoms with Crippen LogP contribution in [-0.4, -0.2) is 33.9 Å². The number of carbonyl (C=O) groups is 2. The van der Waals surface area contributed by atoms with Crippen molar-refractivity contribution in [2.24, 2.45) is 0 Å². The first-order valence-corrected chi connectivity index (χ1v) is 8.99. The minimum Gasteiger partial charge on any atom is -0.485 e. The maximum Gasteiger partial charge on any atom is 0.405 e. The molecule has 0 saturated heterocycles. The Balaban J connectivity index is 1.97. The fraction of sp³-hybridized carbons (Fsp3) is 0.286. The predicted molar refractivity (Wildman–Crippen MR) is 103 cm³/mol. The monoisotopic (exact) mass is 395 g/mol. The topological polar surface area (TPSA) is 132 Å². The van der Waals surface area contributed by atoms with E-state index in [0.29, 0.717) is 22.4 Å². The van der Waals surface area contributed by atoms with Gasteiger partial charge in [0.1, 0.15) is 23.5 Å². The largest absolute Gasteiger partial charge is 0.485 e. The number of ether oxygens (including phenoxy) is 1. The number of benzene rings is 2. The van der Waals surface area contributed by atoms with Crippen molar-refractivity contribution in [1.29, 1.82) is 5.26 Å². The van der Waals surface area contributed by atoms with E-state index in [1.807, 2.05) is 6.07 Å². The SMILES string of the molecule is CC1(C)Oc2ccc(C#N)cc2[C@@H](NC(=O)C(NC(=O)O)c2ccccc2)[C@@H]1O. The first kappa shape index (κ1) is 20.2. The van der Waals surface area contributed by atoms with Crippen molar-refractivity contribution in [2.45, 2.75) is 37.6 Å². The smallest absolute Gasteiger partial charge is 0.405 e. The Labute approximate surface area is 167 Å². The Morgan fingerprint density at radius 3 is 2.52 bits per heavy atom. The number of nitriles is 1. The molecule has 2 aromatic rings. The zero-order chi connectivity index (χ0) is 21.2. The van der Waals surface area contributed by atoms with Gasteiger partial charge in [-0.05, 0) is 37.6 Å². The van der Waals surface area contributed by atoms with Crippen LogP contribution in [-0.2, 0) is 4.79 Å². The number of carboxylic acid groups (broad SMARTS) is 1.